The first-order valence-corrected chi connectivity index (χ1v) is 7.03. The zero-order valence-electron chi connectivity index (χ0n) is 12.5. The van der Waals surface area contributed by atoms with Crippen molar-refractivity contribution in [1.29, 1.82) is 0 Å². The highest BCUT2D eigenvalue weighted by Crippen LogP contribution is 2.21. The van der Waals surface area contributed by atoms with Crippen LogP contribution in [0.4, 0.5) is 15.8 Å². The van der Waals surface area contributed by atoms with Gasteiger partial charge in [0.25, 0.3) is 5.91 Å². The number of nitrogens with two attached hydrogens (primary N) is 1. The Labute approximate surface area is 132 Å². The number of halogens is 1. The van der Waals surface area contributed by atoms with Crippen LogP contribution >= 0.6 is 0 Å². The second kappa shape index (κ2) is 5.92. The second-order valence-corrected chi connectivity index (χ2v) is 5.05. The molecule has 0 aliphatic rings. The van der Waals surface area contributed by atoms with E-state index in [1.165, 1.54) is 16.9 Å². The van der Waals surface area contributed by atoms with E-state index in [0.717, 1.165) is 0 Å². The van der Waals surface area contributed by atoms with Gasteiger partial charge >= 0.3 is 0 Å². The molecule has 0 radical (unpaired) electrons. The molecule has 1 amide bonds. The molecule has 0 aliphatic carbocycles. The maximum Gasteiger partial charge on any atom is 0.257 e. The van der Waals surface area contributed by atoms with Crippen LogP contribution in [-0.4, -0.2) is 15.7 Å². The van der Waals surface area contributed by atoms with Crippen molar-refractivity contribution in [3.05, 3.63) is 71.8 Å². The minimum Gasteiger partial charge on any atom is -0.398 e. The van der Waals surface area contributed by atoms with Crippen molar-refractivity contribution in [2.24, 2.45) is 0 Å². The van der Waals surface area contributed by atoms with Crippen molar-refractivity contribution in [3.63, 3.8) is 0 Å². The van der Waals surface area contributed by atoms with Crippen molar-refractivity contribution in [2.45, 2.75) is 6.92 Å². The molecule has 0 saturated heterocycles. The van der Waals surface area contributed by atoms with Gasteiger partial charge < -0.3 is 11.1 Å². The second-order valence-electron chi connectivity index (χ2n) is 5.05. The predicted octanol–water partition coefficient (Wildman–Crippen LogP) is 3.15. The van der Waals surface area contributed by atoms with E-state index in [1.807, 2.05) is 0 Å². The van der Waals surface area contributed by atoms with E-state index in [4.69, 9.17) is 5.73 Å². The van der Waals surface area contributed by atoms with Gasteiger partial charge in [0, 0.05) is 5.69 Å². The quantitative estimate of drug-likeness (QED) is 0.730. The zero-order chi connectivity index (χ0) is 16.4. The highest BCUT2D eigenvalue weighted by molar-refractivity contribution is 6.07. The Morgan fingerprint density at radius 3 is 2.61 bits per heavy atom. The van der Waals surface area contributed by atoms with Gasteiger partial charge in [0.05, 0.1) is 23.1 Å². The lowest BCUT2D eigenvalue weighted by molar-refractivity contribution is 0.102. The number of benzene rings is 2. The molecule has 1 heterocycles. The number of nitrogen functional groups attached to an aromatic ring is 1. The molecule has 0 unspecified atom stereocenters. The lowest BCUT2D eigenvalue weighted by Crippen LogP contribution is -2.14. The molecule has 1 aromatic heterocycles. The highest BCUT2D eigenvalue weighted by atomic mass is 19.1. The first kappa shape index (κ1) is 14.8. The summed E-state index contributed by atoms with van der Waals surface area (Å²) in [5, 5.41) is 6.90. The monoisotopic (exact) mass is 310 g/mol. The summed E-state index contributed by atoms with van der Waals surface area (Å²) in [5.74, 6) is -0.719. The number of carbonyl (C=O) groups excluding carboxylic acids is 1. The number of nitrogens with one attached hydrogen (secondary N) is 1. The smallest absolute Gasteiger partial charge is 0.257 e. The molecule has 6 heteroatoms. The molecule has 0 fully saturated rings. The topological polar surface area (TPSA) is 72.9 Å². The minimum absolute atomic E-state index is 0.324. The molecule has 116 valence electrons. The van der Waals surface area contributed by atoms with E-state index in [9.17, 15) is 9.18 Å². The maximum atomic E-state index is 13.9. The lowest BCUT2D eigenvalue weighted by atomic mass is 10.1. The van der Waals surface area contributed by atoms with Crippen LogP contribution in [0.2, 0.25) is 0 Å². The summed E-state index contributed by atoms with van der Waals surface area (Å²) in [5.41, 5.74) is 8.02. The Hall–Kier alpha value is -3.15. The Kier molecular flexibility index (Phi) is 3.80. The lowest BCUT2D eigenvalue weighted by Gasteiger charge is -2.08. The Morgan fingerprint density at radius 1 is 1.17 bits per heavy atom. The summed E-state index contributed by atoms with van der Waals surface area (Å²) in [6.45, 7) is 1.75. The van der Waals surface area contributed by atoms with Crippen molar-refractivity contribution in [2.75, 3.05) is 11.1 Å². The highest BCUT2D eigenvalue weighted by Gasteiger charge is 2.15. The van der Waals surface area contributed by atoms with E-state index in [1.54, 1.807) is 49.4 Å². The molecule has 0 bridgehead atoms. The third-order valence-electron chi connectivity index (χ3n) is 3.54. The van der Waals surface area contributed by atoms with Gasteiger partial charge in [0.2, 0.25) is 0 Å². The molecule has 0 spiro atoms. The molecule has 3 rings (SSSR count). The van der Waals surface area contributed by atoms with Crippen LogP contribution in [0.1, 0.15) is 16.1 Å². The first-order valence-electron chi connectivity index (χ1n) is 7.03. The fourth-order valence-corrected chi connectivity index (χ4v) is 2.29. The number of amides is 1. The van der Waals surface area contributed by atoms with Gasteiger partial charge in [0.1, 0.15) is 11.5 Å². The minimum atomic E-state index is -0.385. The Morgan fingerprint density at radius 2 is 1.87 bits per heavy atom. The van der Waals surface area contributed by atoms with E-state index in [0.29, 0.717) is 28.3 Å². The van der Waals surface area contributed by atoms with Gasteiger partial charge in [-0.05, 0) is 31.2 Å². The third-order valence-corrected chi connectivity index (χ3v) is 3.54. The van der Waals surface area contributed by atoms with Crippen LogP contribution < -0.4 is 11.1 Å². The van der Waals surface area contributed by atoms with Crippen LogP contribution in [0.25, 0.3) is 5.69 Å². The van der Waals surface area contributed by atoms with Gasteiger partial charge in [0.15, 0.2) is 0 Å². The third kappa shape index (κ3) is 2.78. The summed E-state index contributed by atoms with van der Waals surface area (Å²) in [7, 11) is 0. The number of aromatic nitrogens is 2. The Bertz CT molecular complexity index is 873. The van der Waals surface area contributed by atoms with E-state index >= 15 is 0 Å². The van der Waals surface area contributed by atoms with Crippen LogP contribution in [0.5, 0.6) is 0 Å². The van der Waals surface area contributed by atoms with E-state index in [-0.39, 0.29) is 11.7 Å². The van der Waals surface area contributed by atoms with Gasteiger partial charge in [-0.2, -0.15) is 5.10 Å². The number of nitrogens with zero attached hydrogens (tertiary/aromatic N) is 2. The van der Waals surface area contributed by atoms with Crippen molar-refractivity contribution in [1.82, 2.24) is 9.78 Å². The molecular weight excluding hydrogens is 295 g/mol. The maximum absolute atomic E-state index is 13.9. The molecule has 3 N–H and O–H groups in total. The number of anilines is 2. The molecule has 2 aromatic carbocycles. The average Bonchev–Trinajstić information content (AvgIpc) is 2.89. The fourth-order valence-electron chi connectivity index (χ4n) is 2.29. The molecule has 0 saturated carbocycles. The zero-order valence-corrected chi connectivity index (χ0v) is 12.5. The Balaban J connectivity index is 1.90. The van der Waals surface area contributed by atoms with Gasteiger partial charge in [-0.1, -0.05) is 24.3 Å². The fraction of sp³-hybridized carbons (Fsp3) is 0.0588. The van der Waals surface area contributed by atoms with Crippen LogP contribution in [-0.2, 0) is 0 Å². The number of para-hydroxylation sites is 2. The molecule has 0 aliphatic heterocycles. The van der Waals surface area contributed by atoms with E-state index in [2.05, 4.69) is 10.4 Å². The normalized spacial score (nSPS) is 10.5. The van der Waals surface area contributed by atoms with Gasteiger partial charge in [-0.3, -0.25) is 4.79 Å². The molecule has 5 nitrogen and oxygen atoms in total. The average molecular weight is 310 g/mol. The van der Waals surface area contributed by atoms with Gasteiger partial charge in [-0.25, -0.2) is 9.07 Å². The van der Waals surface area contributed by atoms with Gasteiger partial charge in [-0.15, -0.1) is 0 Å². The summed E-state index contributed by atoms with van der Waals surface area (Å²) in [4.78, 5) is 12.3. The number of hydrogen-bond donors (Lipinski definition) is 2. The predicted molar refractivity (Wildman–Crippen MR) is 87.1 cm³/mol. The number of hydrogen-bond acceptors (Lipinski definition) is 3. The van der Waals surface area contributed by atoms with Crippen molar-refractivity contribution < 1.29 is 9.18 Å². The first-order chi connectivity index (χ1) is 11.1. The van der Waals surface area contributed by atoms with Crippen LogP contribution in [0, 0.1) is 12.7 Å². The van der Waals surface area contributed by atoms with Crippen molar-refractivity contribution >= 4 is 17.3 Å². The SMILES string of the molecule is Cc1c(NC(=O)c2ccccc2N)cnn1-c1ccccc1F. The van der Waals surface area contributed by atoms with Crippen molar-refractivity contribution in [3.8, 4) is 5.69 Å². The largest absolute Gasteiger partial charge is 0.398 e. The molecule has 3 aromatic rings. The molecule has 23 heavy (non-hydrogen) atoms. The summed E-state index contributed by atoms with van der Waals surface area (Å²) in [6, 6.07) is 13.1. The number of rotatable bonds is 3. The van der Waals surface area contributed by atoms with E-state index < -0.39 is 0 Å². The van der Waals surface area contributed by atoms with Crippen LogP contribution in [0.3, 0.4) is 0 Å². The van der Waals surface area contributed by atoms with Crippen LogP contribution in [0.15, 0.2) is 54.7 Å². The molecule has 0 atom stereocenters. The summed E-state index contributed by atoms with van der Waals surface area (Å²) in [6.07, 6.45) is 1.48. The molecular formula is C17H15FN4O. The number of carbonyl (C=O) groups is 1. The summed E-state index contributed by atoms with van der Waals surface area (Å²) < 4.78 is 15.3. The summed E-state index contributed by atoms with van der Waals surface area (Å²) >= 11 is 0. The standard InChI is InChI=1S/C17H15FN4O/c1-11-15(21-17(23)12-6-2-4-8-14(12)19)10-20-22(11)16-9-5-3-7-13(16)18/h2-10H,19H2,1H3,(H,21,23).